The van der Waals surface area contributed by atoms with Crippen LogP contribution in [-0.2, 0) is 4.74 Å². The van der Waals surface area contributed by atoms with E-state index >= 15 is 0 Å². The average molecular weight is 242 g/mol. The Morgan fingerprint density at radius 2 is 2.18 bits per heavy atom. The van der Waals surface area contributed by atoms with Crippen molar-refractivity contribution in [3.63, 3.8) is 0 Å². The first-order chi connectivity index (χ1) is 8.24. The van der Waals surface area contributed by atoms with Gasteiger partial charge in [-0.25, -0.2) is 0 Å². The lowest BCUT2D eigenvalue weighted by atomic mass is 9.89. The van der Waals surface area contributed by atoms with Crippen molar-refractivity contribution < 1.29 is 9.84 Å². The Bertz CT molecular complexity index is 229. The molecule has 0 aromatic heterocycles. The van der Waals surface area contributed by atoms with Gasteiger partial charge < -0.3 is 20.1 Å². The Balaban J connectivity index is 1.78. The van der Waals surface area contributed by atoms with Crippen LogP contribution in [0.4, 0.5) is 0 Å². The topological polar surface area (TPSA) is 44.7 Å². The quantitative estimate of drug-likeness (QED) is 0.752. The third kappa shape index (κ3) is 3.65. The first kappa shape index (κ1) is 13.3. The maximum atomic E-state index is 9.59. The van der Waals surface area contributed by atoms with E-state index in [1.807, 2.05) is 0 Å². The second-order valence-electron chi connectivity index (χ2n) is 5.70. The van der Waals surface area contributed by atoms with Crippen molar-refractivity contribution in [2.45, 2.75) is 31.2 Å². The second kappa shape index (κ2) is 6.14. The Morgan fingerprint density at radius 3 is 2.82 bits per heavy atom. The van der Waals surface area contributed by atoms with Gasteiger partial charge in [-0.1, -0.05) is 0 Å². The summed E-state index contributed by atoms with van der Waals surface area (Å²) >= 11 is 0. The van der Waals surface area contributed by atoms with Gasteiger partial charge in [-0.3, -0.25) is 0 Å². The van der Waals surface area contributed by atoms with Crippen LogP contribution >= 0.6 is 0 Å². The Hall–Kier alpha value is -0.160. The molecule has 0 spiro atoms. The molecule has 100 valence electrons. The van der Waals surface area contributed by atoms with E-state index in [2.05, 4.69) is 17.3 Å². The summed E-state index contributed by atoms with van der Waals surface area (Å²) in [5, 5.41) is 13.2. The third-order valence-electron chi connectivity index (χ3n) is 4.24. The van der Waals surface area contributed by atoms with Gasteiger partial charge in [0, 0.05) is 25.3 Å². The van der Waals surface area contributed by atoms with Crippen LogP contribution in [0, 0.1) is 5.92 Å². The minimum Gasteiger partial charge on any atom is -0.394 e. The van der Waals surface area contributed by atoms with Crippen molar-refractivity contribution in [1.82, 2.24) is 10.2 Å². The summed E-state index contributed by atoms with van der Waals surface area (Å²) in [4.78, 5) is 2.41. The van der Waals surface area contributed by atoms with Gasteiger partial charge in [0.15, 0.2) is 0 Å². The summed E-state index contributed by atoms with van der Waals surface area (Å²) in [5.74, 6) is 0.736. The number of nitrogens with one attached hydrogen (secondary N) is 1. The highest BCUT2D eigenvalue weighted by molar-refractivity contribution is 4.90. The number of aliphatic hydroxyl groups excluding tert-OH is 1. The van der Waals surface area contributed by atoms with Gasteiger partial charge in [-0.15, -0.1) is 0 Å². The van der Waals surface area contributed by atoms with Crippen molar-refractivity contribution in [3.05, 3.63) is 0 Å². The first-order valence-corrected chi connectivity index (χ1v) is 6.86. The summed E-state index contributed by atoms with van der Waals surface area (Å²) in [5.41, 5.74) is -0.0751. The molecular formula is C13H26N2O2. The molecule has 2 aliphatic rings. The molecule has 1 unspecified atom stereocenters. The van der Waals surface area contributed by atoms with Crippen molar-refractivity contribution in [2.24, 2.45) is 5.92 Å². The zero-order valence-corrected chi connectivity index (χ0v) is 11.0. The minimum absolute atomic E-state index is 0.0751. The van der Waals surface area contributed by atoms with Crippen molar-refractivity contribution >= 4 is 0 Å². The van der Waals surface area contributed by atoms with Crippen molar-refractivity contribution in [1.29, 1.82) is 0 Å². The lowest BCUT2D eigenvalue weighted by Gasteiger charge is -2.39. The molecule has 0 aliphatic carbocycles. The minimum atomic E-state index is -0.0751. The molecule has 4 heteroatoms. The van der Waals surface area contributed by atoms with Crippen LogP contribution in [0.1, 0.15) is 25.7 Å². The molecule has 2 heterocycles. The molecule has 0 aromatic rings. The normalized spacial score (nSPS) is 30.4. The Morgan fingerprint density at radius 1 is 1.41 bits per heavy atom. The van der Waals surface area contributed by atoms with Crippen molar-refractivity contribution in [3.8, 4) is 0 Å². The largest absolute Gasteiger partial charge is 0.394 e. The van der Waals surface area contributed by atoms with Crippen molar-refractivity contribution in [2.75, 3.05) is 46.5 Å². The number of hydrogen-bond acceptors (Lipinski definition) is 4. The van der Waals surface area contributed by atoms with Crippen LogP contribution in [0.15, 0.2) is 0 Å². The lowest BCUT2D eigenvalue weighted by molar-refractivity contribution is 0.00885. The number of ether oxygens (including phenoxy) is 1. The highest BCUT2D eigenvalue weighted by atomic mass is 16.5. The van der Waals surface area contributed by atoms with Crippen LogP contribution in [0.2, 0.25) is 0 Å². The zero-order valence-electron chi connectivity index (χ0n) is 11.0. The van der Waals surface area contributed by atoms with E-state index in [9.17, 15) is 5.11 Å². The molecule has 2 saturated heterocycles. The maximum absolute atomic E-state index is 9.59. The molecule has 1 atom stereocenters. The molecule has 0 radical (unpaired) electrons. The van der Waals surface area contributed by atoms with Crippen LogP contribution in [0.5, 0.6) is 0 Å². The molecule has 2 rings (SSSR count). The number of rotatable bonds is 4. The number of nitrogens with zero attached hydrogens (tertiary/aromatic N) is 1. The SMILES string of the molecule is CN1CCCC(CNC2(CO)CCOCC2)C1. The van der Waals surface area contributed by atoms with Gasteiger partial charge >= 0.3 is 0 Å². The summed E-state index contributed by atoms with van der Waals surface area (Å²) in [6, 6.07) is 0. The maximum Gasteiger partial charge on any atom is 0.0615 e. The molecule has 0 amide bonds. The highest BCUT2D eigenvalue weighted by Gasteiger charge is 2.32. The van der Waals surface area contributed by atoms with E-state index in [1.54, 1.807) is 0 Å². The van der Waals surface area contributed by atoms with Gasteiger partial charge in [0.05, 0.1) is 6.61 Å². The third-order valence-corrected chi connectivity index (χ3v) is 4.24. The van der Waals surface area contributed by atoms with E-state index in [4.69, 9.17) is 4.74 Å². The lowest BCUT2D eigenvalue weighted by Crippen LogP contribution is -2.54. The fourth-order valence-electron chi connectivity index (χ4n) is 2.95. The Labute approximate surface area is 104 Å². The number of aliphatic hydroxyl groups is 1. The standard InChI is InChI=1S/C13H26N2O2/c1-15-6-2-3-12(10-15)9-14-13(11-16)4-7-17-8-5-13/h12,14,16H,2-11H2,1H3. The van der Waals surface area contributed by atoms with E-state index in [0.29, 0.717) is 0 Å². The van der Waals surface area contributed by atoms with Gasteiger partial charge in [0.2, 0.25) is 0 Å². The zero-order chi connectivity index (χ0) is 12.1. The Kier molecular flexibility index (Phi) is 4.79. The summed E-state index contributed by atoms with van der Waals surface area (Å²) in [7, 11) is 2.20. The molecule has 0 saturated carbocycles. The fraction of sp³-hybridized carbons (Fsp3) is 1.00. The first-order valence-electron chi connectivity index (χ1n) is 6.86. The molecule has 2 N–H and O–H groups in total. The van der Waals surface area contributed by atoms with Crippen LogP contribution < -0.4 is 5.32 Å². The van der Waals surface area contributed by atoms with E-state index in [-0.39, 0.29) is 12.1 Å². The predicted octanol–water partition coefficient (Wildman–Crippen LogP) is 0.459. The number of hydrogen-bond donors (Lipinski definition) is 2. The van der Waals surface area contributed by atoms with Crippen LogP contribution in [-0.4, -0.2) is 62.0 Å². The molecule has 4 nitrogen and oxygen atoms in total. The predicted molar refractivity (Wildman–Crippen MR) is 68.1 cm³/mol. The van der Waals surface area contributed by atoms with Gasteiger partial charge in [-0.05, 0) is 51.7 Å². The average Bonchev–Trinajstić information content (AvgIpc) is 2.38. The number of piperidine rings is 1. The summed E-state index contributed by atoms with van der Waals surface area (Å²) in [6.45, 7) is 5.24. The molecule has 0 bridgehead atoms. The van der Waals surface area contributed by atoms with E-state index < -0.39 is 0 Å². The van der Waals surface area contributed by atoms with Gasteiger partial charge in [-0.2, -0.15) is 0 Å². The van der Waals surface area contributed by atoms with Crippen LogP contribution in [0.25, 0.3) is 0 Å². The smallest absolute Gasteiger partial charge is 0.0615 e. The molecule has 17 heavy (non-hydrogen) atoms. The number of likely N-dealkylation sites (tertiary alicyclic amines) is 1. The highest BCUT2D eigenvalue weighted by Crippen LogP contribution is 2.22. The van der Waals surface area contributed by atoms with Crippen LogP contribution in [0.3, 0.4) is 0 Å². The molecule has 2 fully saturated rings. The summed E-state index contributed by atoms with van der Waals surface area (Å²) in [6.07, 6.45) is 4.49. The molecule has 2 aliphatic heterocycles. The fourth-order valence-corrected chi connectivity index (χ4v) is 2.95. The van der Waals surface area contributed by atoms with Gasteiger partial charge in [0.25, 0.3) is 0 Å². The van der Waals surface area contributed by atoms with Gasteiger partial charge in [0.1, 0.15) is 0 Å². The molecular weight excluding hydrogens is 216 g/mol. The second-order valence-corrected chi connectivity index (χ2v) is 5.70. The van der Waals surface area contributed by atoms with E-state index in [1.165, 1.54) is 25.9 Å². The monoisotopic (exact) mass is 242 g/mol. The summed E-state index contributed by atoms with van der Waals surface area (Å²) < 4.78 is 5.38. The van der Waals surface area contributed by atoms with E-state index in [0.717, 1.165) is 38.5 Å². The molecule has 0 aromatic carbocycles.